The average Bonchev–Trinajstić information content (AvgIpc) is 2.96. The third-order valence-electron chi connectivity index (χ3n) is 4.14. The summed E-state index contributed by atoms with van der Waals surface area (Å²) in [6.45, 7) is 7.23. The van der Waals surface area contributed by atoms with Crippen LogP contribution in [0.25, 0.3) is 0 Å². The molecule has 112 valence electrons. The van der Waals surface area contributed by atoms with Crippen molar-refractivity contribution in [2.24, 2.45) is 0 Å². The molecule has 1 aromatic carbocycles. The predicted octanol–water partition coefficient (Wildman–Crippen LogP) is 2.79. The van der Waals surface area contributed by atoms with Crippen LogP contribution in [0, 0.1) is 0 Å². The van der Waals surface area contributed by atoms with Gasteiger partial charge in [0.25, 0.3) is 0 Å². The van der Waals surface area contributed by atoms with Gasteiger partial charge in [-0.2, -0.15) is 0 Å². The molecule has 3 heteroatoms. The first-order chi connectivity index (χ1) is 9.74. The maximum Gasteiger partial charge on any atom is 0.115 e. The van der Waals surface area contributed by atoms with E-state index in [4.69, 9.17) is 0 Å². The summed E-state index contributed by atoms with van der Waals surface area (Å²) in [6.07, 6.45) is 6.24. The monoisotopic (exact) mass is 276 g/mol. The van der Waals surface area contributed by atoms with E-state index in [9.17, 15) is 5.11 Å². The molecule has 0 saturated carbocycles. The highest BCUT2D eigenvalue weighted by atomic mass is 16.3. The van der Waals surface area contributed by atoms with Crippen molar-refractivity contribution in [1.82, 2.24) is 10.2 Å². The molecule has 2 rings (SSSR count). The summed E-state index contributed by atoms with van der Waals surface area (Å²) in [5, 5.41) is 12.9. The molecule has 1 atom stereocenters. The van der Waals surface area contributed by atoms with Crippen LogP contribution in [0.1, 0.15) is 38.2 Å². The summed E-state index contributed by atoms with van der Waals surface area (Å²) in [7, 11) is 0. The van der Waals surface area contributed by atoms with Crippen molar-refractivity contribution in [3.8, 4) is 5.75 Å². The van der Waals surface area contributed by atoms with Crippen LogP contribution in [-0.4, -0.2) is 42.2 Å². The predicted molar refractivity (Wildman–Crippen MR) is 84.2 cm³/mol. The first-order valence-corrected chi connectivity index (χ1v) is 7.98. The number of nitrogens with zero attached hydrogens (tertiary/aromatic N) is 1. The van der Waals surface area contributed by atoms with Gasteiger partial charge in [0.2, 0.25) is 0 Å². The van der Waals surface area contributed by atoms with Crippen molar-refractivity contribution >= 4 is 0 Å². The van der Waals surface area contributed by atoms with Gasteiger partial charge in [0, 0.05) is 6.04 Å². The van der Waals surface area contributed by atoms with Crippen molar-refractivity contribution in [3.63, 3.8) is 0 Å². The minimum Gasteiger partial charge on any atom is -0.508 e. The van der Waals surface area contributed by atoms with Crippen molar-refractivity contribution in [1.29, 1.82) is 0 Å². The molecule has 0 spiro atoms. The minimum atomic E-state index is 0.349. The van der Waals surface area contributed by atoms with Crippen molar-refractivity contribution in [2.45, 2.75) is 45.1 Å². The van der Waals surface area contributed by atoms with Gasteiger partial charge in [-0.3, -0.25) is 0 Å². The van der Waals surface area contributed by atoms with E-state index in [-0.39, 0.29) is 0 Å². The number of hydrogen-bond acceptors (Lipinski definition) is 3. The summed E-state index contributed by atoms with van der Waals surface area (Å²) in [5.41, 5.74) is 1.30. The molecule has 2 N–H and O–H groups in total. The molecule has 1 saturated heterocycles. The van der Waals surface area contributed by atoms with Gasteiger partial charge in [0.15, 0.2) is 0 Å². The van der Waals surface area contributed by atoms with E-state index < -0.39 is 0 Å². The Morgan fingerprint density at radius 3 is 2.60 bits per heavy atom. The summed E-state index contributed by atoms with van der Waals surface area (Å²) in [4.78, 5) is 2.57. The van der Waals surface area contributed by atoms with E-state index in [0.717, 1.165) is 19.4 Å². The Morgan fingerprint density at radius 1 is 1.20 bits per heavy atom. The second kappa shape index (κ2) is 8.28. The lowest BCUT2D eigenvalue weighted by Gasteiger charge is -2.17. The molecule has 0 radical (unpaired) electrons. The van der Waals surface area contributed by atoms with E-state index >= 15 is 0 Å². The summed E-state index contributed by atoms with van der Waals surface area (Å²) in [6, 6.07) is 8.11. The largest absolute Gasteiger partial charge is 0.508 e. The van der Waals surface area contributed by atoms with Crippen molar-refractivity contribution in [2.75, 3.05) is 26.2 Å². The van der Waals surface area contributed by atoms with Gasteiger partial charge >= 0.3 is 0 Å². The fourth-order valence-corrected chi connectivity index (χ4v) is 2.81. The number of nitrogens with one attached hydrogen (secondary N) is 1. The molecule has 3 nitrogen and oxygen atoms in total. The van der Waals surface area contributed by atoms with Gasteiger partial charge in [-0.15, -0.1) is 0 Å². The third kappa shape index (κ3) is 5.51. The van der Waals surface area contributed by atoms with Gasteiger partial charge in [-0.25, -0.2) is 0 Å². The Bertz CT molecular complexity index is 371. The third-order valence-corrected chi connectivity index (χ3v) is 4.14. The number of aromatic hydroxyl groups is 1. The van der Waals surface area contributed by atoms with Crippen LogP contribution in [0.15, 0.2) is 24.3 Å². The maximum atomic E-state index is 9.25. The zero-order valence-corrected chi connectivity index (χ0v) is 12.6. The molecule has 1 heterocycles. The summed E-state index contributed by atoms with van der Waals surface area (Å²) in [5.74, 6) is 0.349. The number of rotatable bonds is 8. The standard InChI is InChI=1S/C17H28N2O/c1-15(5-6-16-7-9-17(20)10-8-16)18-11-4-14-19-12-2-3-13-19/h7-10,15,18,20H,2-6,11-14H2,1H3. The van der Waals surface area contributed by atoms with Gasteiger partial charge < -0.3 is 15.3 Å². The van der Waals surface area contributed by atoms with Gasteiger partial charge in [-0.05, 0) is 82.9 Å². The molecule has 0 aliphatic carbocycles. The lowest BCUT2D eigenvalue weighted by atomic mass is 10.1. The molecule has 1 fully saturated rings. The Morgan fingerprint density at radius 2 is 1.90 bits per heavy atom. The number of aryl methyl sites for hydroxylation is 1. The number of benzene rings is 1. The number of phenols is 1. The van der Waals surface area contributed by atoms with Crippen molar-refractivity contribution in [3.05, 3.63) is 29.8 Å². The first kappa shape index (κ1) is 15.3. The fourth-order valence-electron chi connectivity index (χ4n) is 2.81. The number of likely N-dealkylation sites (tertiary alicyclic amines) is 1. The second-order valence-electron chi connectivity index (χ2n) is 5.96. The van der Waals surface area contributed by atoms with Crippen LogP contribution in [0.4, 0.5) is 0 Å². The SMILES string of the molecule is CC(CCc1ccc(O)cc1)NCCCN1CCCC1. The first-order valence-electron chi connectivity index (χ1n) is 7.98. The minimum absolute atomic E-state index is 0.349. The van der Waals surface area contributed by atoms with Crippen LogP contribution in [-0.2, 0) is 6.42 Å². The van der Waals surface area contributed by atoms with Crippen LogP contribution >= 0.6 is 0 Å². The Kier molecular flexibility index (Phi) is 6.34. The summed E-state index contributed by atoms with van der Waals surface area (Å²) >= 11 is 0. The summed E-state index contributed by atoms with van der Waals surface area (Å²) < 4.78 is 0. The smallest absolute Gasteiger partial charge is 0.115 e. The quantitative estimate of drug-likeness (QED) is 0.717. The number of phenolic OH excluding ortho intramolecular Hbond substituents is 1. The topological polar surface area (TPSA) is 35.5 Å². The lowest BCUT2D eigenvalue weighted by molar-refractivity contribution is 0.327. The molecule has 0 bridgehead atoms. The van der Waals surface area contributed by atoms with Crippen LogP contribution in [0.5, 0.6) is 5.75 Å². The Labute approximate surface area is 123 Å². The Balaban J connectivity index is 1.53. The second-order valence-corrected chi connectivity index (χ2v) is 5.96. The number of hydrogen-bond donors (Lipinski definition) is 2. The zero-order chi connectivity index (χ0) is 14.2. The van der Waals surface area contributed by atoms with E-state index in [1.807, 2.05) is 12.1 Å². The van der Waals surface area contributed by atoms with E-state index in [1.165, 1.54) is 44.5 Å². The van der Waals surface area contributed by atoms with Crippen LogP contribution < -0.4 is 5.32 Å². The highest BCUT2D eigenvalue weighted by Crippen LogP contribution is 2.12. The molecule has 20 heavy (non-hydrogen) atoms. The van der Waals surface area contributed by atoms with E-state index in [1.54, 1.807) is 12.1 Å². The maximum absolute atomic E-state index is 9.25. The van der Waals surface area contributed by atoms with Gasteiger partial charge in [0.1, 0.15) is 5.75 Å². The van der Waals surface area contributed by atoms with E-state index in [2.05, 4.69) is 17.1 Å². The Hall–Kier alpha value is -1.06. The van der Waals surface area contributed by atoms with E-state index in [0.29, 0.717) is 11.8 Å². The molecule has 0 amide bonds. The molecular formula is C17H28N2O. The molecular weight excluding hydrogens is 248 g/mol. The zero-order valence-electron chi connectivity index (χ0n) is 12.6. The lowest BCUT2D eigenvalue weighted by Crippen LogP contribution is -2.30. The molecule has 0 aromatic heterocycles. The average molecular weight is 276 g/mol. The van der Waals surface area contributed by atoms with Crippen LogP contribution in [0.2, 0.25) is 0 Å². The molecule has 1 unspecified atom stereocenters. The fraction of sp³-hybridized carbons (Fsp3) is 0.647. The van der Waals surface area contributed by atoms with Gasteiger partial charge in [-0.1, -0.05) is 12.1 Å². The van der Waals surface area contributed by atoms with Crippen LogP contribution in [0.3, 0.4) is 0 Å². The van der Waals surface area contributed by atoms with Crippen molar-refractivity contribution < 1.29 is 5.11 Å². The highest BCUT2D eigenvalue weighted by molar-refractivity contribution is 5.25. The normalized spacial score (nSPS) is 17.4. The highest BCUT2D eigenvalue weighted by Gasteiger charge is 2.10. The molecule has 1 aliphatic rings. The molecule has 1 aromatic rings. The van der Waals surface area contributed by atoms with Gasteiger partial charge in [0.05, 0.1) is 0 Å². The molecule has 1 aliphatic heterocycles.